The number of benzene rings is 3. The van der Waals surface area contributed by atoms with Crippen LogP contribution in [-0.2, 0) is 0 Å². The van der Waals surface area contributed by atoms with Crippen molar-refractivity contribution in [2.75, 3.05) is 12.4 Å². The van der Waals surface area contributed by atoms with E-state index in [1.165, 1.54) is 13.3 Å². The van der Waals surface area contributed by atoms with Crippen LogP contribution in [-0.4, -0.2) is 28.8 Å². The van der Waals surface area contributed by atoms with Gasteiger partial charge in [0.1, 0.15) is 17.1 Å². The van der Waals surface area contributed by atoms with Crippen molar-refractivity contribution in [1.82, 2.24) is 9.78 Å². The Hall–Kier alpha value is -4.39. The van der Waals surface area contributed by atoms with Crippen LogP contribution >= 0.6 is 0 Å². The molecule has 7 heteroatoms. The first-order chi connectivity index (χ1) is 15.6. The third-order valence-electron chi connectivity index (χ3n) is 4.90. The molecule has 32 heavy (non-hydrogen) atoms. The largest absolute Gasteiger partial charge is 0.496 e. The Kier molecular flexibility index (Phi) is 5.98. The molecule has 7 nitrogen and oxygen atoms in total. The van der Waals surface area contributed by atoms with Gasteiger partial charge in [0.15, 0.2) is 0 Å². The fourth-order valence-corrected chi connectivity index (χ4v) is 3.24. The maximum atomic E-state index is 12.6. The molecule has 0 atom stereocenters. The lowest BCUT2D eigenvalue weighted by atomic mass is 10.2. The van der Waals surface area contributed by atoms with Gasteiger partial charge in [-0.2, -0.15) is 5.10 Å². The number of nitrogens with one attached hydrogen (secondary N) is 1. The molecule has 0 radical (unpaired) electrons. The second-order valence-electron chi connectivity index (χ2n) is 6.96. The van der Waals surface area contributed by atoms with Gasteiger partial charge in [-0.3, -0.25) is 4.79 Å². The van der Waals surface area contributed by atoms with Crippen LogP contribution in [0.1, 0.15) is 26.4 Å². The minimum absolute atomic E-state index is 0.295. The number of ether oxygens (including phenoxy) is 2. The van der Waals surface area contributed by atoms with E-state index in [1.54, 1.807) is 53.2 Å². The van der Waals surface area contributed by atoms with Crippen molar-refractivity contribution in [2.24, 2.45) is 0 Å². The molecule has 1 heterocycles. The highest BCUT2D eigenvalue weighted by molar-refractivity contribution is 6.06. The first kappa shape index (κ1) is 20.9. The lowest BCUT2D eigenvalue weighted by molar-refractivity contribution is 0.0733. The number of esters is 1. The molecule has 1 amide bonds. The lowest BCUT2D eigenvalue weighted by Crippen LogP contribution is -2.13. The molecule has 0 aliphatic heterocycles. The predicted molar refractivity (Wildman–Crippen MR) is 121 cm³/mol. The molecule has 0 fully saturated rings. The number of methoxy groups -OCH3 is 1. The summed E-state index contributed by atoms with van der Waals surface area (Å²) >= 11 is 0. The molecule has 0 aliphatic rings. The molecular weight excluding hydrogens is 406 g/mol. The van der Waals surface area contributed by atoms with E-state index in [0.29, 0.717) is 34.0 Å². The van der Waals surface area contributed by atoms with Gasteiger partial charge < -0.3 is 14.8 Å². The molecule has 4 aromatic rings. The molecular formula is C25H21N3O4. The lowest BCUT2D eigenvalue weighted by Gasteiger charge is -2.10. The van der Waals surface area contributed by atoms with Crippen molar-refractivity contribution >= 4 is 17.6 Å². The van der Waals surface area contributed by atoms with E-state index in [0.717, 1.165) is 5.69 Å². The predicted octanol–water partition coefficient (Wildman–Crippen LogP) is 4.66. The number of nitrogens with zero attached hydrogens (tertiary/aromatic N) is 2. The van der Waals surface area contributed by atoms with Crippen LogP contribution in [0.4, 0.5) is 5.69 Å². The fourth-order valence-electron chi connectivity index (χ4n) is 3.24. The minimum Gasteiger partial charge on any atom is -0.496 e. The molecule has 160 valence electrons. The van der Waals surface area contributed by atoms with Gasteiger partial charge in [-0.05, 0) is 55.5 Å². The Morgan fingerprint density at radius 2 is 1.56 bits per heavy atom. The van der Waals surface area contributed by atoms with Gasteiger partial charge in [0.2, 0.25) is 0 Å². The highest BCUT2D eigenvalue weighted by Crippen LogP contribution is 2.22. The summed E-state index contributed by atoms with van der Waals surface area (Å²) in [6.07, 6.45) is 1.49. The SMILES string of the molecule is COc1ccccc1C(=O)Nc1ccc(OC(=O)c2cnn(-c3ccccc3)c2C)cc1. The second kappa shape index (κ2) is 9.18. The average Bonchev–Trinajstić information content (AvgIpc) is 3.22. The molecule has 0 spiro atoms. The monoisotopic (exact) mass is 427 g/mol. The molecule has 0 saturated carbocycles. The molecule has 1 N–H and O–H groups in total. The van der Waals surface area contributed by atoms with E-state index in [2.05, 4.69) is 10.4 Å². The first-order valence-electron chi connectivity index (χ1n) is 9.93. The van der Waals surface area contributed by atoms with Crippen molar-refractivity contribution in [3.63, 3.8) is 0 Å². The molecule has 1 aromatic heterocycles. The van der Waals surface area contributed by atoms with Gasteiger partial charge in [0.05, 0.1) is 30.3 Å². The van der Waals surface area contributed by atoms with E-state index in [-0.39, 0.29) is 5.91 Å². The quantitative estimate of drug-likeness (QED) is 0.357. The van der Waals surface area contributed by atoms with Gasteiger partial charge >= 0.3 is 5.97 Å². The summed E-state index contributed by atoms with van der Waals surface area (Å²) in [6.45, 7) is 1.81. The summed E-state index contributed by atoms with van der Waals surface area (Å²) in [7, 11) is 1.51. The van der Waals surface area contributed by atoms with Crippen molar-refractivity contribution in [3.05, 3.63) is 102 Å². The smallest absolute Gasteiger partial charge is 0.347 e. The molecule has 4 rings (SSSR count). The molecule has 0 bridgehead atoms. The summed E-state index contributed by atoms with van der Waals surface area (Å²) in [4.78, 5) is 25.2. The zero-order valence-corrected chi connectivity index (χ0v) is 17.6. The number of hydrogen-bond donors (Lipinski definition) is 1. The average molecular weight is 427 g/mol. The minimum atomic E-state index is -0.504. The van der Waals surface area contributed by atoms with Crippen LogP contribution in [0.5, 0.6) is 11.5 Å². The highest BCUT2D eigenvalue weighted by Gasteiger charge is 2.17. The fraction of sp³-hybridized carbons (Fsp3) is 0.0800. The molecule has 0 unspecified atom stereocenters. The van der Waals surface area contributed by atoms with Gasteiger partial charge in [-0.1, -0.05) is 30.3 Å². The summed E-state index contributed by atoms with van der Waals surface area (Å²) in [5.74, 6) is 0.0470. The number of carbonyl (C=O) groups excluding carboxylic acids is 2. The second-order valence-corrected chi connectivity index (χ2v) is 6.96. The van der Waals surface area contributed by atoms with E-state index < -0.39 is 5.97 Å². The number of aromatic nitrogens is 2. The molecule has 3 aromatic carbocycles. The topological polar surface area (TPSA) is 82.4 Å². The normalized spacial score (nSPS) is 10.4. The van der Waals surface area contributed by atoms with E-state index >= 15 is 0 Å². The Morgan fingerprint density at radius 3 is 2.28 bits per heavy atom. The van der Waals surface area contributed by atoms with Crippen LogP contribution in [0.25, 0.3) is 5.69 Å². The maximum absolute atomic E-state index is 12.6. The van der Waals surface area contributed by atoms with E-state index in [9.17, 15) is 9.59 Å². The van der Waals surface area contributed by atoms with Gasteiger partial charge in [-0.25, -0.2) is 9.48 Å². The van der Waals surface area contributed by atoms with Gasteiger partial charge in [-0.15, -0.1) is 0 Å². The Balaban J connectivity index is 1.43. The summed E-state index contributed by atoms with van der Waals surface area (Å²) in [6, 6.07) is 23.1. The number of carbonyl (C=O) groups is 2. The first-order valence-corrected chi connectivity index (χ1v) is 9.93. The summed E-state index contributed by atoms with van der Waals surface area (Å²) < 4.78 is 12.4. The zero-order valence-electron chi connectivity index (χ0n) is 17.6. The number of anilines is 1. The van der Waals surface area contributed by atoms with Gasteiger partial charge in [0, 0.05) is 5.69 Å². The van der Waals surface area contributed by atoms with Crippen LogP contribution in [0, 0.1) is 6.92 Å². The summed E-state index contributed by atoms with van der Waals surface area (Å²) in [5, 5.41) is 7.10. The third-order valence-corrected chi connectivity index (χ3v) is 4.90. The van der Waals surface area contributed by atoms with Crippen molar-refractivity contribution in [3.8, 4) is 17.2 Å². The van der Waals surface area contributed by atoms with Crippen LogP contribution in [0.2, 0.25) is 0 Å². The third kappa shape index (κ3) is 4.37. The number of amides is 1. The van der Waals surface area contributed by atoms with Crippen LogP contribution in [0.15, 0.2) is 85.1 Å². The highest BCUT2D eigenvalue weighted by atomic mass is 16.5. The Bertz CT molecular complexity index is 1250. The van der Waals surface area contributed by atoms with Crippen LogP contribution in [0.3, 0.4) is 0 Å². The van der Waals surface area contributed by atoms with Crippen LogP contribution < -0.4 is 14.8 Å². The van der Waals surface area contributed by atoms with E-state index in [1.807, 2.05) is 37.3 Å². The summed E-state index contributed by atoms with van der Waals surface area (Å²) in [5.41, 5.74) is 2.91. The van der Waals surface area contributed by atoms with Crippen molar-refractivity contribution < 1.29 is 19.1 Å². The number of para-hydroxylation sites is 2. The van der Waals surface area contributed by atoms with E-state index in [4.69, 9.17) is 9.47 Å². The number of rotatable bonds is 6. The zero-order chi connectivity index (χ0) is 22.5. The molecule has 0 saturated heterocycles. The maximum Gasteiger partial charge on any atom is 0.347 e. The van der Waals surface area contributed by atoms with Crippen molar-refractivity contribution in [2.45, 2.75) is 6.92 Å². The van der Waals surface area contributed by atoms with Crippen molar-refractivity contribution in [1.29, 1.82) is 0 Å². The number of hydrogen-bond acceptors (Lipinski definition) is 5. The molecule has 0 aliphatic carbocycles. The Labute approximate surface area is 185 Å². The van der Waals surface area contributed by atoms with Gasteiger partial charge in [0.25, 0.3) is 5.91 Å². The standard InChI is InChI=1S/C25H21N3O4/c1-17-22(16-26-28(17)19-8-4-3-5-9-19)25(30)32-20-14-12-18(13-15-20)27-24(29)21-10-6-7-11-23(21)31-2/h3-16H,1-2H3,(H,27,29). The Morgan fingerprint density at radius 1 is 0.875 bits per heavy atom.